The van der Waals surface area contributed by atoms with Gasteiger partial charge in [-0.3, -0.25) is 0 Å². The summed E-state index contributed by atoms with van der Waals surface area (Å²) in [6, 6.07) is 79.6. The van der Waals surface area contributed by atoms with Crippen molar-refractivity contribution in [2.45, 2.75) is 126 Å². The lowest BCUT2D eigenvalue weighted by molar-refractivity contribution is -0.432. The first-order chi connectivity index (χ1) is 43.5. The van der Waals surface area contributed by atoms with Crippen LogP contribution in [0.3, 0.4) is 0 Å². The third-order valence-corrected chi connectivity index (χ3v) is 15.7. The van der Waals surface area contributed by atoms with Gasteiger partial charge in [0.2, 0.25) is 11.6 Å². The lowest BCUT2D eigenvalue weighted by Crippen LogP contribution is -2.73. The topological polar surface area (TPSA) is 131 Å². The SMILES string of the molecule is C=CCCCO[C@@]1(CO[C@@]2(CO)O[C@H](COCc3ccccc3)[C@H](OCc3ccccc3)[C@H](OCc3ccccc3)[C@H]2OCc2ccccc2)O[C@H](COCc2ccccc2)[C@H](OCc2ccccc2)[C@H](OCc2ccccc2)[C@H]1OCc1ccccc1. The molecule has 10 atom stereocenters. The molecule has 2 saturated heterocycles. The van der Waals surface area contributed by atoms with Crippen molar-refractivity contribution in [1.82, 2.24) is 0 Å². The molecular weight excluding hydrogens is 1110 g/mol. The van der Waals surface area contributed by atoms with E-state index in [1.54, 1.807) is 0 Å². The molecule has 0 unspecified atom stereocenters. The van der Waals surface area contributed by atoms with Crippen molar-refractivity contribution in [3.8, 4) is 0 Å². The molecule has 8 aromatic carbocycles. The Morgan fingerprint density at radius 3 is 0.955 bits per heavy atom. The van der Waals surface area contributed by atoms with Crippen molar-refractivity contribution >= 4 is 0 Å². The summed E-state index contributed by atoms with van der Waals surface area (Å²) in [6.07, 6.45) is -4.52. The van der Waals surface area contributed by atoms with Crippen molar-refractivity contribution in [2.24, 2.45) is 0 Å². The van der Waals surface area contributed by atoms with Crippen molar-refractivity contribution in [3.05, 3.63) is 300 Å². The van der Waals surface area contributed by atoms with E-state index in [1.165, 1.54) is 0 Å². The summed E-state index contributed by atoms with van der Waals surface area (Å²) in [5.74, 6) is -3.88. The van der Waals surface area contributed by atoms with Gasteiger partial charge >= 0.3 is 0 Å². The summed E-state index contributed by atoms with van der Waals surface area (Å²) >= 11 is 0. The number of hydrogen-bond acceptors (Lipinski definition) is 13. The van der Waals surface area contributed by atoms with Crippen LogP contribution in [-0.2, 0) is 110 Å². The number of rotatable bonds is 35. The normalized spacial score (nSPS) is 23.6. The zero-order chi connectivity index (χ0) is 60.3. The fraction of sp³-hybridized carbons (Fsp3) is 0.333. The van der Waals surface area contributed by atoms with Gasteiger partial charge in [-0.1, -0.05) is 249 Å². The molecule has 2 heterocycles. The first kappa shape index (κ1) is 64.0. The summed E-state index contributed by atoms with van der Waals surface area (Å²) < 4.78 is 86.2. The Labute approximate surface area is 518 Å². The molecule has 2 fully saturated rings. The molecule has 2 aliphatic rings. The Kier molecular flexibility index (Phi) is 24.8. The molecular formula is C75H82O13. The smallest absolute Gasteiger partial charge is 0.222 e. The van der Waals surface area contributed by atoms with Gasteiger partial charge in [0.05, 0.1) is 72.7 Å². The number of ether oxygens (including phenoxy) is 12. The van der Waals surface area contributed by atoms with Crippen molar-refractivity contribution in [2.75, 3.05) is 33.0 Å². The number of unbranched alkanes of at least 4 members (excludes halogenated alkanes) is 1. The van der Waals surface area contributed by atoms with Gasteiger partial charge in [-0.25, -0.2) is 0 Å². The Morgan fingerprint density at radius 1 is 0.352 bits per heavy atom. The second-order valence-corrected chi connectivity index (χ2v) is 22.1. The lowest BCUT2D eigenvalue weighted by Gasteiger charge is -2.55. The largest absolute Gasteiger partial charge is 0.391 e. The Bertz CT molecular complexity index is 3170. The van der Waals surface area contributed by atoms with Gasteiger partial charge in [-0.05, 0) is 57.3 Å². The monoisotopic (exact) mass is 1190 g/mol. The maximum absolute atomic E-state index is 12.5. The summed E-state index contributed by atoms with van der Waals surface area (Å²) in [7, 11) is 0. The van der Waals surface area contributed by atoms with E-state index in [9.17, 15) is 5.11 Å². The Hall–Kier alpha value is -7.02. The first-order valence-electron chi connectivity index (χ1n) is 30.5. The van der Waals surface area contributed by atoms with Crippen LogP contribution in [0.2, 0.25) is 0 Å². The summed E-state index contributed by atoms with van der Waals surface area (Å²) in [6.45, 7) is 4.67. The average Bonchev–Trinajstić information content (AvgIpc) is 0.884. The lowest BCUT2D eigenvalue weighted by atomic mass is 9.90. The molecule has 1 N–H and O–H groups in total. The number of aliphatic hydroxyl groups is 1. The molecule has 0 bridgehead atoms. The highest BCUT2D eigenvalue weighted by Crippen LogP contribution is 2.43. The van der Waals surface area contributed by atoms with Gasteiger partial charge in [0, 0.05) is 0 Å². The molecule has 88 heavy (non-hydrogen) atoms. The number of hydrogen-bond donors (Lipinski definition) is 1. The van der Waals surface area contributed by atoms with Gasteiger partial charge in [-0.2, -0.15) is 0 Å². The minimum absolute atomic E-state index is 0.00916. The van der Waals surface area contributed by atoms with Crippen molar-refractivity contribution in [3.63, 3.8) is 0 Å². The van der Waals surface area contributed by atoms with E-state index in [0.29, 0.717) is 12.8 Å². The molecule has 13 heteroatoms. The summed E-state index contributed by atoms with van der Waals surface area (Å²) in [5, 5.41) is 12.5. The van der Waals surface area contributed by atoms with Crippen LogP contribution in [0.25, 0.3) is 0 Å². The predicted molar refractivity (Wildman–Crippen MR) is 336 cm³/mol. The van der Waals surface area contributed by atoms with Crippen LogP contribution in [-0.4, -0.2) is 98.5 Å². The molecule has 0 spiro atoms. The van der Waals surface area contributed by atoms with Crippen LogP contribution in [0.15, 0.2) is 255 Å². The maximum atomic E-state index is 12.5. The van der Waals surface area contributed by atoms with E-state index in [2.05, 4.69) is 6.58 Å². The maximum Gasteiger partial charge on any atom is 0.222 e. The van der Waals surface area contributed by atoms with Crippen LogP contribution in [0.5, 0.6) is 0 Å². The third-order valence-electron chi connectivity index (χ3n) is 15.7. The molecule has 0 amide bonds. The van der Waals surface area contributed by atoms with Crippen LogP contribution >= 0.6 is 0 Å². The molecule has 8 aromatic rings. The van der Waals surface area contributed by atoms with E-state index in [1.807, 2.05) is 249 Å². The molecule has 460 valence electrons. The second-order valence-electron chi connectivity index (χ2n) is 22.1. The quantitative estimate of drug-likeness (QED) is 0.0299. The molecule has 10 rings (SSSR count). The fourth-order valence-electron chi connectivity index (χ4n) is 11.1. The van der Waals surface area contributed by atoms with Crippen molar-refractivity contribution in [1.29, 1.82) is 0 Å². The molecule has 0 radical (unpaired) electrons. The summed E-state index contributed by atoms with van der Waals surface area (Å²) in [5.41, 5.74) is 7.46. The van der Waals surface area contributed by atoms with Crippen molar-refractivity contribution < 1.29 is 61.9 Å². The number of aliphatic hydroxyl groups excluding tert-OH is 1. The van der Waals surface area contributed by atoms with Gasteiger partial charge in [0.15, 0.2) is 0 Å². The van der Waals surface area contributed by atoms with Crippen LogP contribution in [0.1, 0.15) is 57.3 Å². The van der Waals surface area contributed by atoms with Crippen LogP contribution in [0, 0.1) is 0 Å². The number of allylic oxidation sites excluding steroid dienone is 1. The van der Waals surface area contributed by atoms with E-state index < -0.39 is 73.6 Å². The standard InChI is InChI=1S/C75H82O13/c1-2-3-28-45-85-75(73(84-53-65-43-26-11-27-44-65)71(82-51-63-39-22-9-23-40-63)69(80-49-61-35-18-7-19-36-61)67(88-75)55-78-47-59-31-14-5-15-32-59)57-86-74(56-76)72(83-52-64-41-24-10-25-42-64)70(81-50-62-37-20-8-21-38-62)68(79-48-60-33-16-6-17-34-60)66(87-74)54-77-46-58-29-12-4-13-30-58/h2,4-27,29-44,66-73,76H,1,3,28,45-57H2/t66-,67-,68+,69+,70+,71+,72-,73-,74+,75+/m1/s1. The van der Waals surface area contributed by atoms with E-state index >= 15 is 0 Å². The van der Waals surface area contributed by atoms with Gasteiger partial charge in [0.25, 0.3) is 0 Å². The van der Waals surface area contributed by atoms with Crippen LogP contribution in [0.4, 0.5) is 0 Å². The van der Waals surface area contributed by atoms with Gasteiger partial charge < -0.3 is 61.9 Å². The number of benzene rings is 8. The molecule has 0 aliphatic carbocycles. The molecule has 0 saturated carbocycles. The first-order valence-corrected chi connectivity index (χ1v) is 30.5. The van der Waals surface area contributed by atoms with E-state index in [-0.39, 0.29) is 72.7 Å². The highest BCUT2D eigenvalue weighted by molar-refractivity contribution is 5.20. The minimum atomic E-state index is -2.03. The molecule has 13 nitrogen and oxygen atoms in total. The minimum Gasteiger partial charge on any atom is -0.391 e. The highest BCUT2D eigenvalue weighted by atomic mass is 16.8. The zero-order valence-corrected chi connectivity index (χ0v) is 50.0. The van der Waals surface area contributed by atoms with Gasteiger partial charge in [0.1, 0.15) is 62.0 Å². The van der Waals surface area contributed by atoms with Gasteiger partial charge in [-0.15, -0.1) is 6.58 Å². The highest BCUT2D eigenvalue weighted by Gasteiger charge is 2.63. The van der Waals surface area contributed by atoms with E-state index in [4.69, 9.17) is 56.8 Å². The predicted octanol–water partition coefficient (Wildman–Crippen LogP) is 13.1. The average molecular weight is 1190 g/mol. The summed E-state index contributed by atoms with van der Waals surface area (Å²) in [4.78, 5) is 0. The molecule has 2 aliphatic heterocycles. The van der Waals surface area contributed by atoms with E-state index in [0.717, 1.165) is 44.5 Å². The molecule has 0 aromatic heterocycles. The third kappa shape index (κ3) is 18.3. The Morgan fingerprint density at radius 2 is 0.636 bits per heavy atom. The fourth-order valence-corrected chi connectivity index (χ4v) is 11.1. The van der Waals surface area contributed by atoms with Crippen LogP contribution < -0.4 is 0 Å². The Balaban J connectivity index is 1.10. The second kappa shape index (κ2) is 34.1. The zero-order valence-electron chi connectivity index (χ0n) is 50.0.